The van der Waals surface area contributed by atoms with Gasteiger partial charge in [0, 0.05) is 25.9 Å². The van der Waals surface area contributed by atoms with Crippen LogP contribution in [-0.4, -0.2) is 48.4 Å². The van der Waals surface area contributed by atoms with Crippen molar-refractivity contribution in [2.24, 2.45) is 0 Å². The third-order valence-electron chi connectivity index (χ3n) is 4.43. The van der Waals surface area contributed by atoms with Crippen LogP contribution in [0, 0.1) is 6.92 Å². The van der Waals surface area contributed by atoms with Gasteiger partial charge in [-0.25, -0.2) is 8.42 Å². The van der Waals surface area contributed by atoms with Gasteiger partial charge in [-0.1, -0.05) is 18.2 Å². The van der Waals surface area contributed by atoms with Crippen molar-refractivity contribution < 1.29 is 13.2 Å². The summed E-state index contributed by atoms with van der Waals surface area (Å²) in [5, 5.41) is 11.1. The Morgan fingerprint density at radius 2 is 2.08 bits per heavy atom. The minimum atomic E-state index is -3.57. The number of benzene rings is 1. The van der Waals surface area contributed by atoms with E-state index in [4.69, 9.17) is 0 Å². The van der Waals surface area contributed by atoms with Gasteiger partial charge >= 0.3 is 0 Å². The third kappa shape index (κ3) is 4.04. The molecular weight excluding hydrogens is 354 g/mol. The number of nitrogens with one attached hydrogen (secondary N) is 1. The molecule has 1 aromatic carbocycles. The van der Waals surface area contributed by atoms with Crippen LogP contribution in [0.4, 0.5) is 5.69 Å². The van der Waals surface area contributed by atoms with Gasteiger partial charge in [0.05, 0.1) is 11.9 Å². The van der Waals surface area contributed by atoms with Crippen molar-refractivity contribution in [3.8, 4) is 0 Å². The Hall–Kier alpha value is -2.42. The first-order chi connectivity index (χ1) is 12.4. The van der Waals surface area contributed by atoms with Gasteiger partial charge in [-0.05, 0) is 25.0 Å². The predicted molar refractivity (Wildman–Crippen MR) is 98.4 cm³/mol. The number of aromatic nitrogens is 3. The Labute approximate surface area is 153 Å². The summed E-state index contributed by atoms with van der Waals surface area (Å²) in [7, 11) is -3.57. The van der Waals surface area contributed by atoms with Crippen LogP contribution in [0.2, 0.25) is 0 Å². The molecule has 0 spiro atoms. The minimum absolute atomic E-state index is 0.248. The molecule has 0 radical (unpaired) electrons. The normalized spacial score (nSPS) is 13.5. The first-order valence-corrected chi connectivity index (χ1v) is 10.4. The number of sulfonamides is 1. The molecular formula is C17H23N5O3S. The smallest absolute Gasteiger partial charge is 0.240 e. The highest BCUT2D eigenvalue weighted by atomic mass is 32.2. The Morgan fingerprint density at radius 1 is 1.31 bits per heavy atom. The Kier molecular flexibility index (Phi) is 5.26. The molecule has 1 aliphatic rings. The van der Waals surface area contributed by atoms with E-state index in [2.05, 4.69) is 20.1 Å². The molecule has 1 amide bonds. The first-order valence-electron chi connectivity index (χ1n) is 8.57. The van der Waals surface area contributed by atoms with Crippen LogP contribution in [0.1, 0.15) is 23.6 Å². The van der Waals surface area contributed by atoms with E-state index in [1.165, 1.54) is 0 Å². The largest absolute Gasteiger partial charge is 0.354 e. The summed E-state index contributed by atoms with van der Waals surface area (Å²) in [5.74, 6) is 1.51. The summed E-state index contributed by atoms with van der Waals surface area (Å²) in [5.41, 5.74) is 1.31. The molecule has 9 heteroatoms. The summed E-state index contributed by atoms with van der Waals surface area (Å²) < 4.78 is 27.5. The van der Waals surface area contributed by atoms with E-state index in [0.29, 0.717) is 18.7 Å². The van der Waals surface area contributed by atoms with Crippen LogP contribution < -0.4 is 9.62 Å². The number of fused-ring (bicyclic) bond motifs is 1. The Bertz CT molecular complexity index is 907. The van der Waals surface area contributed by atoms with Crippen LogP contribution in [0.5, 0.6) is 0 Å². The van der Waals surface area contributed by atoms with Gasteiger partial charge in [0.1, 0.15) is 18.2 Å². The number of hydrogen-bond acceptors (Lipinski definition) is 5. The lowest BCUT2D eigenvalue weighted by Gasteiger charge is -2.23. The summed E-state index contributed by atoms with van der Waals surface area (Å²) in [6.07, 6.45) is 3.69. The molecule has 0 aliphatic carbocycles. The monoisotopic (exact) mass is 377 g/mol. The zero-order valence-corrected chi connectivity index (χ0v) is 15.8. The molecule has 2 heterocycles. The van der Waals surface area contributed by atoms with Crippen molar-refractivity contribution in [3.63, 3.8) is 0 Å². The molecule has 0 saturated heterocycles. The number of para-hydroxylation sites is 1. The van der Waals surface area contributed by atoms with Crippen molar-refractivity contribution in [3.05, 3.63) is 41.5 Å². The molecule has 1 N–H and O–H groups in total. The minimum Gasteiger partial charge on any atom is -0.354 e. The molecule has 0 bridgehead atoms. The fraction of sp³-hybridized carbons (Fsp3) is 0.471. The van der Waals surface area contributed by atoms with Crippen LogP contribution in [0.3, 0.4) is 0 Å². The SMILES string of the molecule is Cc1ccccc1N(CC(=O)NCCc1nnc2n1CCC2)S(C)(=O)=O. The van der Waals surface area contributed by atoms with Gasteiger partial charge in [0.15, 0.2) is 0 Å². The number of amides is 1. The number of hydrogen-bond donors (Lipinski definition) is 1. The maximum atomic E-state index is 12.3. The van der Waals surface area contributed by atoms with Crippen molar-refractivity contribution in [2.45, 2.75) is 32.7 Å². The zero-order chi connectivity index (χ0) is 18.7. The Morgan fingerprint density at radius 3 is 2.81 bits per heavy atom. The van der Waals surface area contributed by atoms with E-state index in [-0.39, 0.29) is 12.5 Å². The lowest BCUT2D eigenvalue weighted by Crippen LogP contribution is -2.41. The van der Waals surface area contributed by atoms with Gasteiger partial charge in [-0.2, -0.15) is 0 Å². The fourth-order valence-corrected chi connectivity index (χ4v) is 4.03. The van der Waals surface area contributed by atoms with E-state index in [1.807, 2.05) is 19.1 Å². The van der Waals surface area contributed by atoms with E-state index in [0.717, 1.165) is 47.2 Å². The molecule has 2 aromatic rings. The molecule has 1 aliphatic heterocycles. The summed E-state index contributed by atoms with van der Waals surface area (Å²) in [6, 6.07) is 7.10. The molecule has 0 saturated carbocycles. The summed E-state index contributed by atoms with van der Waals surface area (Å²) in [6.45, 7) is 2.88. The first kappa shape index (κ1) is 18.4. The number of aryl methyl sites for hydroxylation is 2. The molecule has 8 nitrogen and oxygen atoms in total. The average molecular weight is 377 g/mol. The van der Waals surface area contributed by atoms with Gasteiger partial charge in [0.25, 0.3) is 0 Å². The van der Waals surface area contributed by atoms with E-state index < -0.39 is 10.0 Å². The zero-order valence-electron chi connectivity index (χ0n) is 15.0. The van der Waals surface area contributed by atoms with E-state index in [1.54, 1.807) is 12.1 Å². The second-order valence-corrected chi connectivity index (χ2v) is 8.35. The number of anilines is 1. The van der Waals surface area contributed by atoms with Crippen LogP contribution in [0.25, 0.3) is 0 Å². The molecule has 0 fully saturated rings. The van der Waals surface area contributed by atoms with Gasteiger partial charge in [-0.3, -0.25) is 9.10 Å². The quantitative estimate of drug-likeness (QED) is 0.764. The molecule has 1 aromatic heterocycles. The van der Waals surface area contributed by atoms with Crippen LogP contribution in [-0.2, 0) is 34.2 Å². The topological polar surface area (TPSA) is 97.2 Å². The molecule has 140 valence electrons. The fourth-order valence-electron chi connectivity index (χ4n) is 3.12. The van der Waals surface area contributed by atoms with E-state index >= 15 is 0 Å². The average Bonchev–Trinajstić information content (AvgIpc) is 3.17. The summed E-state index contributed by atoms with van der Waals surface area (Å²) >= 11 is 0. The maximum absolute atomic E-state index is 12.3. The standard InChI is InChI=1S/C17H23N5O3S/c1-13-6-3-4-7-14(13)22(26(2,24)25)12-17(23)18-10-9-16-20-19-15-8-5-11-21(15)16/h3-4,6-7H,5,8-12H2,1-2H3,(H,18,23). The lowest BCUT2D eigenvalue weighted by atomic mass is 10.2. The molecule has 3 rings (SSSR count). The van der Waals surface area contributed by atoms with Gasteiger partial charge < -0.3 is 9.88 Å². The number of rotatable bonds is 7. The van der Waals surface area contributed by atoms with Crippen molar-refractivity contribution in [2.75, 3.05) is 23.7 Å². The molecule has 26 heavy (non-hydrogen) atoms. The number of nitrogens with zero attached hydrogens (tertiary/aromatic N) is 4. The second kappa shape index (κ2) is 7.45. The van der Waals surface area contributed by atoms with Crippen molar-refractivity contribution in [1.29, 1.82) is 0 Å². The maximum Gasteiger partial charge on any atom is 0.240 e. The predicted octanol–water partition coefficient (Wildman–Crippen LogP) is 0.658. The molecule has 0 atom stereocenters. The van der Waals surface area contributed by atoms with Crippen LogP contribution >= 0.6 is 0 Å². The summed E-state index contributed by atoms with van der Waals surface area (Å²) in [4.78, 5) is 12.3. The number of carbonyl (C=O) groups is 1. The highest BCUT2D eigenvalue weighted by Crippen LogP contribution is 2.21. The van der Waals surface area contributed by atoms with E-state index in [9.17, 15) is 13.2 Å². The lowest BCUT2D eigenvalue weighted by molar-refractivity contribution is -0.119. The van der Waals surface area contributed by atoms with Crippen molar-refractivity contribution >= 4 is 21.6 Å². The highest BCUT2D eigenvalue weighted by molar-refractivity contribution is 7.92. The Balaban J connectivity index is 1.61. The van der Waals surface area contributed by atoms with Gasteiger partial charge in [0.2, 0.25) is 15.9 Å². The van der Waals surface area contributed by atoms with Gasteiger partial charge in [-0.15, -0.1) is 10.2 Å². The van der Waals surface area contributed by atoms with Crippen molar-refractivity contribution in [1.82, 2.24) is 20.1 Å². The number of carbonyl (C=O) groups excluding carboxylic acids is 1. The second-order valence-electron chi connectivity index (χ2n) is 6.44. The third-order valence-corrected chi connectivity index (χ3v) is 5.56. The van der Waals surface area contributed by atoms with Crippen LogP contribution in [0.15, 0.2) is 24.3 Å². The molecule has 0 unspecified atom stereocenters. The highest BCUT2D eigenvalue weighted by Gasteiger charge is 2.22.